The molecule has 1 saturated carbocycles. The van der Waals surface area contributed by atoms with Crippen molar-refractivity contribution in [3.05, 3.63) is 0 Å². The zero-order valence-corrected chi connectivity index (χ0v) is 11.4. The molecule has 0 aromatic heterocycles. The van der Waals surface area contributed by atoms with E-state index in [9.17, 15) is 15.0 Å². The van der Waals surface area contributed by atoms with Gasteiger partial charge in [0.05, 0.1) is 24.8 Å². The quantitative estimate of drug-likeness (QED) is 0.524. The molecule has 0 aromatic rings. The normalized spacial score (nSPS) is 18.9. The van der Waals surface area contributed by atoms with Crippen LogP contribution in [0.4, 0.5) is 0 Å². The number of nitrogens with one attached hydrogen (secondary N) is 2. The summed E-state index contributed by atoms with van der Waals surface area (Å²) in [5.74, 6) is -0.0541. The van der Waals surface area contributed by atoms with Gasteiger partial charge in [-0.15, -0.1) is 0 Å². The molecule has 1 rings (SSSR count). The number of aliphatic hydroxyl groups excluding tert-OH is 2. The smallest absolute Gasteiger partial charge is 0.237 e. The van der Waals surface area contributed by atoms with E-state index < -0.39 is 11.6 Å². The summed E-state index contributed by atoms with van der Waals surface area (Å²) in [6, 6.07) is -0.120. The fourth-order valence-electron chi connectivity index (χ4n) is 2.39. The van der Waals surface area contributed by atoms with Crippen molar-refractivity contribution in [3.63, 3.8) is 0 Å². The van der Waals surface area contributed by atoms with Crippen molar-refractivity contribution in [1.82, 2.24) is 10.6 Å². The molecule has 1 aliphatic rings. The third-order valence-corrected chi connectivity index (χ3v) is 3.90. The molecule has 5 heteroatoms. The fourth-order valence-corrected chi connectivity index (χ4v) is 2.39. The first-order valence-corrected chi connectivity index (χ1v) is 6.86. The van der Waals surface area contributed by atoms with Crippen LogP contribution in [0, 0.1) is 0 Å². The van der Waals surface area contributed by atoms with Gasteiger partial charge in [0.2, 0.25) is 5.91 Å². The molecule has 1 aliphatic carbocycles. The highest BCUT2D eigenvalue weighted by atomic mass is 16.3. The van der Waals surface area contributed by atoms with E-state index in [1.807, 2.05) is 6.92 Å². The molecule has 0 radical (unpaired) electrons. The largest absolute Gasteiger partial charge is 0.394 e. The Balaban J connectivity index is 2.46. The van der Waals surface area contributed by atoms with Crippen LogP contribution in [0.5, 0.6) is 0 Å². The average Bonchev–Trinajstić information content (AvgIpc) is 2.88. The minimum atomic E-state index is -0.771. The Morgan fingerprint density at radius 2 is 1.89 bits per heavy atom. The van der Waals surface area contributed by atoms with E-state index in [0.717, 1.165) is 12.8 Å². The van der Waals surface area contributed by atoms with Crippen molar-refractivity contribution in [1.29, 1.82) is 0 Å². The van der Waals surface area contributed by atoms with Gasteiger partial charge in [-0.05, 0) is 26.2 Å². The van der Waals surface area contributed by atoms with Crippen LogP contribution >= 0.6 is 0 Å². The molecule has 5 nitrogen and oxygen atoms in total. The third-order valence-electron chi connectivity index (χ3n) is 3.90. The highest BCUT2D eigenvalue weighted by Crippen LogP contribution is 2.18. The molecule has 0 aliphatic heterocycles. The molecular weight excluding hydrogens is 232 g/mol. The Bertz CT molecular complexity index is 253. The molecule has 18 heavy (non-hydrogen) atoms. The first-order valence-electron chi connectivity index (χ1n) is 6.86. The molecule has 1 atom stereocenters. The molecule has 1 fully saturated rings. The third kappa shape index (κ3) is 3.93. The number of carbonyl (C=O) groups excluding carboxylic acids is 1. The van der Waals surface area contributed by atoms with Crippen LogP contribution in [0.3, 0.4) is 0 Å². The maximum Gasteiger partial charge on any atom is 0.237 e. The van der Waals surface area contributed by atoms with Crippen LogP contribution in [-0.2, 0) is 4.79 Å². The number of aliphatic hydroxyl groups is 2. The van der Waals surface area contributed by atoms with E-state index in [1.54, 1.807) is 6.92 Å². The van der Waals surface area contributed by atoms with E-state index in [1.165, 1.54) is 12.8 Å². The summed E-state index contributed by atoms with van der Waals surface area (Å²) in [5, 5.41) is 24.7. The van der Waals surface area contributed by atoms with Gasteiger partial charge in [-0.1, -0.05) is 19.8 Å². The van der Waals surface area contributed by atoms with E-state index >= 15 is 0 Å². The Morgan fingerprint density at radius 1 is 1.33 bits per heavy atom. The summed E-state index contributed by atoms with van der Waals surface area (Å²) in [7, 11) is 0. The molecule has 0 spiro atoms. The highest BCUT2D eigenvalue weighted by molar-refractivity contribution is 5.81. The molecule has 0 bridgehead atoms. The second-order valence-corrected chi connectivity index (χ2v) is 5.31. The number of hydrogen-bond donors (Lipinski definition) is 4. The van der Waals surface area contributed by atoms with E-state index in [0.29, 0.717) is 12.5 Å². The SMILES string of the molecule is CCC(CO)(CO)NC(C)C(=O)NC1CCCC1. The number of rotatable bonds is 7. The maximum absolute atomic E-state index is 12.0. The predicted molar refractivity (Wildman–Crippen MR) is 70.2 cm³/mol. The van der Waals surface area contributed by atoms with Crippen LogP contribution in [0.25, 0.3) is 0 Å². The van der Waals surface area contributed by atoms with E-state index in [-0.39, 0.29) is 19.1 Å². The topological polar surface area (TPSA) is 81.6 Å². The maximum atomic E-state index is 12.0. The van der Waals surface area contributed by atoms with Gasteiger partial charge >= 0.3 is 0 Å². The Kier molecular flexibility index (Phi) is 6.05. The molecule has 4 N–H and O–H groups in total. The van der Waals surface area contributed by atoms with Crippen LogP contribution in [-0.4, -0.2) is 47.0 Å². The first-order chi connectivity index (χ1) is 8.56. The molecular formula is C13H26N2O3. The van der Waals surface area contributed by atoms with Gasteiger partial charge < -0.3 is 15.5 Å². The van der Waals surface area contributed by atoms with Crippen molar-refractivity contribution >= 4 is 5.91 Å². The lowest BCUT2D eigenvalue weighted by atomic mass is 9.97. The lowest BCUT2D eigenvalue weighted by Crippen LogP contribution is -2.59. The molecule has 0 aromatic carbocycles. The summed E-state index contributed by atoms with van der Waals surface area (Å²) in [6.07, 6.45) is 5.04. The Hall–Kier alpha value is -0.650. The molecule has 1 amide bonds. The van der Waals surface area contributed by atoms with Gasteiger partial charge in [0.1, 0.15) is 0 Å². The van der Waals surface area contributed by atoms with Crippen LogP contribution < -0.4 is 10.6 Å². The summed E-state index contributed by atoms with van der Waals surface area (Å²) >= 11 is 0. The second kappa shape index (κ2) is 7.07. The minimum absolute atomic E-state index is 0.0541. The summed E-state index contributed by atoms with van der Waals surface area (Å²) in [6.45, 7) is 3.28. The summed E-state index contributed by atoms with van der Waals surface area (Å²) in [5.41, 5.74) is -0.771. The molecule has 1 unspecified atom stereocenters. The predicted octanol–water partition coefficient (Wildman–Crippen LogP) is 0.157. The standard InChI is InChI=1S/C13H26N2O3/c1-3-13(8-16,9-17)15-10(2)12(18)14-11-6-4-5-7-11/h10-11,15-17H,3-9H2,1-2H3,(H,14,18). The van der Waals surface area contributed by atoms with Crippen molar-refractivity contribution in [2.45, 2.75) is 63.6 Å². The lowest BCUT2D eigenvalue weighted by Gasteiger charge is -2.33. The summed E-state index contributed by atoms with van der Waals surface area (Å²) < 4.78 is 0. The summed E-state index contributed by atoms with van der Waals surface area (Å²) in [4.78, 5) is 12.0. The highest BCUT2D eigenvalue weighted by Gasteiger charge is 2.31. The van der Waals surface area contributed by atoms with Crippen LogP contribution in [0.15, 0.2) is 0 Å². The number of carbonyl (C=O) groups is 1. The Morgan fingerprint density at radius 3 is 2.33 bits per heavy atom. The van der Waals surface area contributed by atoms with Crippen molar-refractivity contribution in [2.24, 2.45) is 0 Å². The lowest BCUT2D eigenvalue weighted by molar-refractivity contribution is -0.124. The van der Waals surface area contributed by atoms with Crippen molar-refractivity contribution < 1.29 is 15.0 Å². The average molecular weight is 258 g/mol. The molecule has 106 valence electrons. The monoisotopic (exact) mass is 258 g/mol. The van der Waals surface area contributed by atoms with Crippen LogP contribution in [0.2, 0.25) is 0 Å². The van der Waals surface area contributed by atoms with Gasteiger partial charge in [0.15, 0.2) is 0 Å². The minimum Gasteiger partial charge on any atom is -0.394 e. The van der Waals surface area contributed by atoms with Gasteiger partial charge in [0.25, 0.3) is 0 Å². The van der Waals surface area contributed by atoms with E-state index in [4.69, 9.17) is 0 Å². The number of amides is 1. The van der Waals surface area contributed by atoms with E-state index in [2.05, 4.69) is 10.6 Å². The van der Waals surface area contributed by atoms with Crippen LogP contribution in [0.1, 0.15) is 46.0 Å². The van der Waals surface area contributed by atoms with Crippen molar-refractivity contribution in [2.75, 3.05) is 13.2 Å². The van der Waals surface area contributed by atoms with Gasteiger partial charge in [-0.2, -0.15) is 0 Å². The molecule has 0 heterocycles. The van der Waals surface area contributed by atoms with Crippen molar-refractivity contribution in [3.8, 4) is 0 Å². The van der Waals surface area contributed by atoms with Gasteiger partial charge in [0, 0.05) is 6.04 Å². The fraction of sp³-hybridized carbons (Fsp3) is 0.923. The zero-order valence-electron chi connectivity index (χ0n) is 11.4. The van der Waals surface area contributed by atoms with Gasteiger partial charge in [-0.25, -0.2) is 0 Å². The Labute approximate surface area is 109 Å². The first kappa shape index (κ1) is 15.4. The van der Waals surface area contributed by atoms with Gasteiger partial charge in [-0.3, -0.25) is 10.1 Å². The zero-order chi connectivity index (χ0) is 13.6. The second-order valence-electron chi connectivity index (χ2n) is 5.31. The number of hydrogen-bond acceptors (Lipinski definition) is 4. The molecule has 0 saturated heterocycles.